The number of nitrogens with one attached hydrogen (secondary N) is 1. The van der Waals surface area contributed by atoms with Crippen LogP contribution in [0.15, 0.2) is 53.3 Å². The maximum atomic E-state index is 12.3. The van der Waals surface area contributed by atoms with E-state index in [1.54, 1.807) is 55.7 Å². The first kappa shape index (κ1) is 16.3. The third-order valence-corrected chi connectivity index (χ3v) is 3.23. The fourth-order valence-corrected chi connectivity index (χ4v) is 2.09. The molecule has 1 aromatic carbocycles. The molecule has 3 aromatic rings. The number of anilines is 1. The molecule has 0 saturated heterocycles. The number of esters is 1. The van der Waals surface area contributed by atoms with E-state index in [0.717, 1.165) is 0 Å². The zero-order valence-corrected chi connectivity index (χ0v) is 13.3. The van der Waals surface area contributed by atoms with Crippen LogP contribution >= 0.6 is 0 Å². The number of ether oxygens (including phenoxy) is 1. The van der Waals surface area contributed by atoms with E-state index in [1.165, 1.54) is 0 Å². The molecule has 3 rings (SSSR count). The lowest BCUT2D eigenvalue weighted by molar-refractivity contribution is 0.0527. The van der Waals surface area contributed by atoms with E-state index in [9.17, 15) is 9.59 Å². The van der Waals surface area contributed by atoms with E-state index in [2.05, 4.69) is 20.4 Å². The van der Waals surface area contributed by atoms with Crippen molar-refractivity contribution in [3.05, 3.63) is 60.2 Å². The Balaban J connectivity index is 1.80. The monoisotopic (exact) mass is 338 g/mol. The first-order valence-corrected chi connectivity index (χ1v) is 7.50. The molecule has 1 amide bonds. The molecule has 0 spiro atoms. The quantitative estimate of drug-likeness (QED) is 0.712. The van der Waals surface area contributed by atoms with Crippen molar-refractivity contribution in [3.63, 3.8) is 0 Å². The minimum absolute atomic E-state index is 0.217. The van der Waals surface area contributed by atoms with Crippen molar-refractivity contribution in [1.82, 2.24) is 15.1 Å². The number of benzene rings is 1. The molecule has 0 aliphatic carbocycles. The van der Waals surface area contributed by atoms with E-state index < -0.39 is 11.9 Å². The Bertz CT molecular complexity index is 892. The van der Waals surface area contributed by atoms with Crippen LogP contribution in [0, 0.1) is 0 Å². The lowest BCUT2D eigenvalue weighted by Crippen LogP contribution is -2.16. The van der Waals surface area contributed by atoms with Gasteiger partial charge >= 0.3 is 17.8 Å². The van der Waals surface area contributed by atoms with Gasteiger partial charge in [0, 0.05) is 18.0 Å². The summed E-state index contributed by atoms with van der Waals surface area (Å²) in [5, 5.41) is 6.35. The number of pyridine rings is 1. The zero-order valence-electron chi connectivity index (χ0n) is 13.3. The van der Waals surface area contributed by atoms with Crippen molar-refractivity contribution < 1.29 is 18.8 Å². The molecule has 0 saturated carbocycles. The molecule has 25 heavy (non-hydrogen) atoms. The highest BCUT2D eigenvalue weighted by Crippen LogP contribution is 2.18. The molecule has 0 aliphatic rings. The van der Waals surface area contributed by atoms with E-state index in [-0.39, 0.29) is 23.9 Å². The minimum atomic E-state index is -0.621. The molecule has 2 aromatic heterocycles. The Morgan fingerprint density at radius 2 is 1.92 bits per heavy atom. The molecular weight excluding hydrogens is 324 g/mol. The Morgan fingerprint density at radius 1 is 1.16 bits per heavy atom. The smallest absolute Gasteiger partial charge is 0.340 e. The number of para-hydroxylation sites is 1. The third-order valence-electron chi connectivity index (χ3n) is 3.23. The molecular formula is C17H14N4O4. The summed E-state index contributed by atoms with van der Waals surface area (Å²) in [6.07, 6.45) is 3.17. The Hall–Kier alpha value is -3.55. The van der Waals surface area contributed by atoms with Crippen LogP contribution in [0.4, 0.5) is 5.69 Å². The lowest BCUT2D eigenvalue weighted by atomic mass is 10.2. The summed E-state index contributed by atoms with van der Waals surface area (Å²) in [5.74, 6) is -1.09. The van der Waals surface area contributed by atoms with Crippen LogP contribution in [0.25, 0.3) is 11.4 Å². The van der Waals surface area contributed by atoms with Crippen LogP contribution < -0.4 is 5.32 Å². The molecule has 8 nitrogen and oxygen atoms in total. The van der Waals surface area contributed by atoms with Gasteiger partial charge in [0.1, 0.15) is 0 Å². The van der Waals surface area contributed by atoms with Gasteiger partial charge in [-0.05, 0) is 31.2 Å². The number of hydrogen-bond acceptors (Lipinski definition) is 7. The zero-order chi connectivity index (χ0) is 17.6. The molecule has 0 radical (unpaired) electrons. The van der Waals surface area contributed by atoms with Crippen LogP contribution in [-0.2, 0) is 4.74 Å². The summed E-state index contributed by atoms with van der Waals surface area (Å²) in [6.45, 7) is 1.94. The number of hydrogen-bond donors (Lipinski definition) is 1. The maximum absolute atomic E-state index is 12.3. The second-order valence-corrected chi connectivity index (χ2v) is 4.88. The van der Waals surface area contributed by atoms with Crippen LogP contribution in [-0.4, -0.2) is 33.6 Å². The maximum Gasteiger partial charge on any atom is 0.340 e. The standard InChI is InChI=1S/C17H14N4O4/c1-2-24-17(23)12-5-3-4-6-13(12)19-15(22)16-20-14(21-25-16)11-7-9-18-10-8-11/h3-10H,2H2,1H3,(H,19,22). The van der Waals surface area contributed by atoms with E-state index >= 15 is 0 Å². The third kappa shape index (κ3) is 3.69. The van der Waals surface area contributed by atoms with Crippen LogP contribution in [0.3, 0.4) is 0 Å². The number of nitrogens with zero attached hydrogens (tertiary/aromatic N) is 3. The molecule has 2 heterocycles. The molecule has 0 unspecified atom stereocenters. The fraction of sp³-hybridized carbons (Fsp3) is 0.118. The molecule has 1 N–H and O–H groups in total. The van der Waals surface area contributed by atoms with Gasteiger partial charge in [-0.2, -0.15) is 4.98 Å². The highest BCUT2D eigenvalue weighted by Gasteiger charge is 2.19. The number of carbonyl (C=O) groups excluding carboxylic acids is 2. The highest BCUT2D eigenvalue weighted by molar-refractivity contribution is 6.05. The van der Waals surface area contributed by atoms with Crippen LogP contribution in [0.1, 0.15) is 28.0 Å². The molecule has 0 fully saturated rings. The Labute approximate surface area is 142 Å². The summed E-state index contributed by atoms with van der Waals surface area (Å²) < 4.78 is 9.96. The number of rotatable bonds is 5. The van der Waals surface area contributed by atoms with Gasteiger partial charge in [-0.1, -0.05) is 17.3 Å². The fourth-order valence-electron chi connectivity index (χ4n) is 2.09. The summed E-state index contributed by atoms with van der Waals surface area (Å²) >= 11 is 0. The van der Waals surface area contributed by atoms with Gasteiger partial charge in [0.15, 0.2) is 0 Å². The SMILES string of the molecule is CCOC(=O)c1ccccc1NC(=O)c1nc(-c2ccncc2)no1. The minimum Gasteiger partial charge on any atom is -0.462 e. The average molecular weight is 338 g/mol. The summed E-state index contributed by atoms with van der Waals surface area (Å²) in [6, 6.07) is 9.91. The second kappa shape index (κ2) is 7.35. The van der Waals surface area contributed by atoms with E-state index in [0.29, 0.717) is 11.3 Å². The summed E-state index contributed by atoms with van der Waals surface area (Å²) in [7, 11) is 0. The molecule has 0 aliphatic heterocycles. The summed E-state index contributed by atoms with van der Waals surface area (Å²) in [5.41, 5.74) is 1.21. The van der Waals surface area contributed by atoms with Crippen molar-refractivity contribution in [2.45, 2.75) is 6.92 Å². The second-order valence-electron chi connectivity index (χ2n) is 4.88. The largest absolute Gasteiger partial charge is 0.462 e. The Kier molecular flexibility index (Phi) is 4.79. The van der Waals surface area contributed by atoms with Gasteiger partial charge in [-0.15, -0.1) is 0 Å². The average Bonchev–Trinajstić information content (AvgIpc) is 3.13. The predicted molar refractivity (Wildman–Crippen MR) is 87.9 cm³/mol. The predicted octanol–water partition coefficient (Wildman–Crippen LogP) is 2.56. The number of carbonyl (C=O) groups is 2. The highest BCUT2D eigenvalue weighted by atomic mass is 16.5. The summed E-state index contributed by atoms with van der Waals surface area (Å²) in [4.78, 5) is 32.2. The van der Waals surface area contributed by atoms with Gasteiger partial charge in [0.05, 0.1) is 17.9 Å². The normalized spacial score (nSPS) is 10.3. The molecule has 8 heteroatoms. The number of aromatic nitrogens is 3. The van der Waals surface area contributed by atoms with Gasteiger partial charge in [0.2, 0.25) is 5.82 Å². The van der Waals surface area contributed by atoms with E-state index in [4.69, 9.17) is 9.26 Å². The van der Waals surface area contributed by atoms with Gasteiger partial charge in [-0.25, -0.2) is 4.79 Å². The van der Waals surface area contributed by atoms with Crippen molar-refractivity contribution in [2.75, 3.05) is 11.9 Å². The van der Waals surface area contributed by atoms with Crippen LogP contribution in [0.2, 0.25) is 0 Å². The molecule has 126 valence electrons. The van der Waals surface area contributed by atoms with Gasteiger partial charge in [0.25, 0.3) is 0 Å². The van der Waals surface area contributed by atoms with Gasteiger partial charge in [-0.3, -0.25) is 9.78 Å². The van der Waals surface area contributed by atoms with Crippen molar-refractivity contribution in [3.8, 4) is 11.4 Å². The van der Waals surface area contributed by atoms with Crippen molar-refractivity contribution in [2.24, 2.45) is 0 Å². The van der Waals surface area contributed by atoms with Crippen molar-refractivity contribution >= 4 is 17.6 Å². The van der Waals surface area contributed by atoms with E-state index in [1.807, 2.05) is 0 Å². The van der Waals surface area contributed by atoms with Crippen molar-refractivity contribution in [1.29, 1.82) is 0 Å². The first-order chi connectivity index (χ1) is 12.2. The van der Waals surface area contributed by atoms with Crippen LogP contribution in [0.5, 0.6) is 0 Å². The number of amides is 1. The molecule has 0 atom stereocenters. The van der Waals surface area contributed by atoms with Gasteiger partial charge < -0.3 is 14.6 Å². The Morgan fingerprint density at radius 3 is 2.68 bits per heavy atom. The first-order valence-electron chi connectivity index (χ1n) is 7.50. The molecule has 0 bridgehead atoms. The lowest BCUT2D eigenvalue weighted by Gasteiger charge is -2.08. The topological polar surface area (TPSA) is 107 Å².